The molecule has 3 aromatic rings. The molecule has 8 nitrogen and oxygen atoms in total. The Morgan fingerprint density at radius 3 is 2.56 bits per heavy atom. The third kappa shape index (κ3) is 4.78. The number of rotatable bonds is 6. The standard InChI is InChI=1S/C23H27N5O3S/c1-13-8-9-24-22(27-13)28-17-10-14(2)26-18(11-17)19-12-25-21(32-19)23(3,31)16-6-4-15(5-7-16)20(29)30/h8-12,15-16,31H,4-7H2,1-3H3,(H,29,30)(H,24,26,27,28). The van der Waals surface area contributed by atoms with Gasteiger partial charge >= 0.3 is 5.97 Å². The molecule has 9 heteroatoms. The molecule has 0 saturated heterocycles. The van der Waals surface area contributed by atoms with E-state index in [9.17, 15) is 15.0 Å². The third-order valence-electron chi connectivity index (χ3n) is 6.07. The number of hydrogen-bond acceptors (Lipinski definition) is 8. The second kappa shape index (κ2) is 8.91. The number of nitrogens with zero attached hydrogens (tertiary/aromatic N) is 4. The summed E-state index contributed by atoms with van der Waals surface area (Å²) in [6.07, 6.45) is 5.97. The monoisotopic (exact) mass is 453 g/mol. The van der Waals surface area contributed by atoms with Crippen molar-refractivity contribution in [3.63, 3.8) is 0 Å². The number of thiazole rings is 1. The molecule has 0 aliphatic heterocycles. The minimum Gasteiger partial charge on any atom is -0.481 e. The lowest BCUT2D eigenvalue weighted by molar-refractivity contribution is -0.144. The van der Waals surface area contributed by atoms with Crippen molar-refractivity contribution >= 4 is 28.9 Å². The maximum atomic E-state index is 11.3. The SMILES string of the molecule is Cc1cc(Nc2nccc(C)n2)cc(-c2cnc(C(C)(O)C3CCC(C(=O)O)CC3)s2)n1. The first-order chi connectivity index (χ1) is 15.2. The van der Waals surface area contributed by atoms with Gasteiger partial charge in [-0.3, -0.25) is 9.78 Å². The Morgan fingerprint density at radius 2 is 1.88 bits per heavy atom. The van der Waals surface area contributed by atoms with Gasteiger partial charge in [0.05, 0.1) is 16.5 Å². The molecule has 1 atom stereocenters. The van der Waals surface area contributed by atoms with Crippen LogP contribution in [0.2, 0.25) is 0 Å². The number of carbonyl (C=O) groups is 1. The lowest BCUT2D eigenvalue weighted by Crippen LogP contribution is -2.35. The zero-order chi connectivity index (χ0) is 22.9. The summed E-state index contributed by atoms with van der Waals surface area (Å²) in [4.78, 5) is 29.9. The van der Waals surface area contributed by atoms with Gasteiger partial charge in [-0.2, -0.15) is 0 Å². The van der Waals surface area contributed by atoms with Crippen LogP contribution in [0.5, 0.6) is 0 Å². The maximum absolute atomic E-state index is 11.3. The topological polar surface area (TPSA) is 121 Å². The minimum absolute atomic E-state index is 0.0155. The fraction of sp³-hybridized carbons (Fsp3) is 0.435. The summed E-state index contributed by atoms with van der Waals surface area (Å²) in [5.41, 5.74) is 2.19. The van der Waals surface area contributed by atoms with Gasteiger partial charge in [0, 0.05) is 29.5 Å². The zero-order valence-corrected chi connectivity index (χ0v) is 19.2. The molecule has 0 amide bonds. The summed E-state index contributed by atoms with van der Waals surface area (Å²) in [7, 11) is 0. The number of carboxylic acids is 1. The number of nitrogens with one attached hydrogen (secondary N) is 1. The van der Waals surface area contributed by atoms with Crippen LogP contribution in [0.4, 0.5) is 11.6 Å². The summed E-state index contributed by atoms with van der Waals surface area (Å²) < 4.78 is 0. The Balaban J connectivity index is 1.54. The van der Waals surface area contributed by atoms with E-state index in [2.05, 4.69) is 25.3 Å². The van der Waals surface area contributed by atoms with Crippen molar-refractivity contribution in [1.29, 1.82) is 0 Å². The van der Waals surface area contributed by atoms with Crippen molar-refractivity contribution in [2.45, 2.75) is 52.1 Å². The van der Waals surface area contributed by atoms with Gasteiger partial charge in [-0.25, -0.2) is 15.0 Å². The summed E-state index contributed by atoms with van der Waals surface area (Å²) in [5.74, 6) is -0.552. The van der Waals surface area contributed by atoms with E-state index in [-0.39, 0.29) is 11.8 Å². The normalized spacial score (nSPS) is 20.5. The first kappa shape index (κ1) is 22.3. The Kier molecular flexibility index (Phi) is 6.21. The van der Waals surface area contributed by atoms with Crippen LogP contribution in [0.25, 0.3) is 10.6 Å². The molecule has 1 unspecified atom stereocenters. The molecule has 3 aromatic heterocycles. The second-order valence-electron chi connectivity index (χ2n) is 8.59. The number of carboxylic acid groups (broad SMARTS) is 1. The fourth-order valence-electron chi connectivity index (χ4n) is 4.21. The van der Waals surface area contributed by atoms with E-state index in [0.29, 0.717) is 36.6 Å². The Hall–Kier alpha value is -2.91. The van der Waals surface area contributed by atoms with E-state index in [1.165, 1.54) is 11.3 Å². The first-order valence-corrected chi connectivity index (χ1v) is 11.5. The number of pyridine rings is 1. The van der Waals surface area contributed by atoms with E-state index in [4.69, 9.17) is 0 Å². The van der Waals surface area contributed by atoms with Crippen LogP contribution in [-0.4, -0.2) is 36.1 Å². The number of aliphatic hydroxyl groups is 1. The molecule has 0 radical (unpaired) electrons. The molecule has 4 rings (SSSR count). The molecule has 0 bridgehead atoms. The van der Waals surface area contributed by atoms with Gasteiger partial charge in [0.2, 0.25) is 5.95 Å². The summed E-state index contributed by atoms with van der Waals surface area (Å²) in [6, 6.07) is 5.68. The van der Waals surface area contributed by atoms with Gasteiger partial charge < -0.3 is 15.5 Å². The predicted molar refractivity (Wildman–Crippen MR) is 123 cm³/mol. The van der Waals surface area contributed by atoms with Gasteiger partial charge in [0.25, 0.3) is 0 Å². The second-order valence-corrected chi connectivity index (χ2v) is 9.62. The molecule has 3 N–H and O–H groups in total. The van der Waals surface area contributed by atoms with Crippen molar-refractivity contribution in [3.8, 4) is 10.6 Å². The minimum atomic E-state index is -1.10. The van der Waals surface area contributed by atoms with Crippen LogP contribution in [0.1, 0.15) is 49.0 Å². The molecule has 32 heavy (non-hydrogen) atoms. The molecular weight excluding hydrogens is 426 g/mol. The van der Waals surface area contributed by atoms with Crippen molar-refractivity contribution in [2.75, 3.05) is 5.32 Å². The van der Waals surface area contributed by atoms with Crippen molar-refractivity contribution in [2.24, 2.45) is 11.8 Å². The summed E-state index contributed by atoms with van der Waals surface area (Å²) in [6.45, 7) is 5.62. The number of aryl methyl sites for hydroxylation is 2. The zero-order valence-electron chi connectivity index (χ0n) is 18.4. The average molecular weight is 454 g/mol. The molecular formula is C23H27N5O3S. The predicted octanol–water partition coefficient (Wildman–Crippen LogP) is 4.45. The molecule has 1 aliphatic rings. The van der Waals surface area contributed by atoms with Crippen molar-refractivity contribution in [3.05, 3.63) is 47.0 Å². The van der Waals surface area contributed by atoms with Crippen LogP contribution in [-0.2, 0) is 10.4 Å². The Morgan fingerprint density at radius 1 is 1.12 bits per heavy atom. The fourth-order valence-corrected chi connectivity index (χ4v) is 5.21. The molecule has 0 aromatic carbocycles. The lowest BCUT2D eigenvalue weighted by Gasteiger charge is -2.35. The number of anilines is 2. The number of aromatic nitrogens is 4. The third-order valence-corrected chi connectivity index (χ3v) is 7.31. The molecule has 1 fully saturated rings. The van der Waals surface area contributed by atoms with Gasteiger partial charge in [-0.05, 0) is 70.6 Å². The average Bonchev–Trinajstić information content (AvgIpc) is 3.25. The molecule has 1 saturated carbocycles. The molecule has 0 spiro atoms. The van der Waals surface area contributed by atoms with Gasteiger partial charge in [-0.15, -0.1) is 11.3 Å². The molecule has 3 heterocycles. The summed E-state index contributed by atoms with van der Waals surface area (Å²) in [5, 5.41) is 24.4. The highest BCUT2D eigenvalue weighted by Crippen LogP contribution is 2.43. The van der Waals surface area contributed by atoms with Crippen LogP contribution in [0.3, 0.4) is 0 Å². The number of hydrogen-bond donors (Lipinski definition) is 3. The maximum Gasteiger partial charge on any atom is 0.306 e. The van der Waals surface area contributed by atoms with E-state index in [1.54, 1.807) is 19.3 Å². The Bertz CT molecular complexity index is 1120. The van der Waals surface area contributed by atoms with E-state index in [1.807, 2.05) is 32.0 Å². The van der Waals surface area contributed by atoms with Crippen LogP contribution in [0, 0.1) is 25.7 Å². The van der Waals surface area contributed by atoms with E-state index < -0.39 is 11.6 Å². The quantitative estimate of drug-likeness (QED) is 0.500. The van der Waals surface area contributed by atoms with Crippen LogP contribution in [0.15, 0.2) is 30.6 Å². The van der Waals surface area contributed by atoms with Crippen LogP contribution < -0.4 is 5.32 Å². The first-order valence-electron chi connectivity index (χ1n) is 10.7. The van der Waals surface area contributed by atoms with Gasteiger partial charge in [0.15, 0.2) is 0 Å². The summed E-state index contributed by atoms with van der Waals surface area (Å²) >= 11 is 1.42. The van der Waals surface area contributed by atoms with Gasteiger partial charge in [0.1, 0.15) is 10.6 Å². The number of aliphatic carboxylic acids is 1. The van der Waals surface area contributed by atoms with Crippen molar-refractivity contribution < 1.29 is 15.0 Å². The molecule has 1 aliphatic carbocycles. The molecule has 168 valence electrons. The smallest absolute Gasteiger partial charge is 0.306 e. The highest BCUT2D eigenvalue weighted by Gasteiger charge is 2.40. The van der Waals surface area contributed by atoms with E-state index in [0.717, 1.165) is 27.6 Å². The van der Waals surface area contributed by atoms with Crippen molar-refractivity contribution in [1.82, 2.24) is 19.9 Å². The highest BCUT2D eigenvalue weighted by molar-refractivity contribution is 7.15. The highest BCUT2D eigenvalue weighted by atomic mass is 32.1. The Labute approximate surface area is 190 Å². The van der Waals surface area contributed by atoms with E-state index >= 15 is 0 Å². The van der Waals surface area contributed by atoms with Crippen LogP contribution >= 0.6 is 11.3 Å². The lowest BCUT2D eigenvalue weighted by atomic mass is 9.74. The largest absolute Gasteiger partial charge is 0.481 e. The van der Waals surface area contributed by atoms with Gasteiger partial charge in [-0.1, -0.05) is 0 Å².